The van der Waals surface area contributed by atoms with E-state index in [0.717, 1.165) is 98.6 Å². The molecule has 4 heterocycles. The van der Waals surface area contributed by atoms with Crippen molar-refractivity contribution in [3.63, 3.8) is 0 Å². The van der Waals surface area contributed by atoms with Crippen LogP contribution in [0.4, 0.5) is 56.9 Å². The molecule has 11 aromatic rings. The van der Waals surface area contributed by atoms with Gasteiger partial charge in [0, 0.05) is 108 Å². The van der Waals surface area contributed by atoms with Crippen LogP contribution in [0.1, 0.15) is 47.2 Å². The van der Waals surface area contributed by atoms with Crippen LogP contribution >= 0.6 is 45.3 Å². The molecule has 0 unspecified atom stereocenters. The predicted molar refractivity (Wildman–Crippen MR) is 401 cm³/mol. The number of hydrogen-bond acceptors (Lipinski definition) is 16. The normalized spacial score (nSPS) is 11.7. The molecule has 490 valence electrons. The number of hydrogen-bond donors (Lipinski definition) is 4. The highest BCUT2D eigenvalue weighted by Gasteiger charge is 2.22. The average Bonchev–Trinajstić information content (AvgIpc) is 0.821. The Morgan fingerprint density at radius 1 is 0.290 bits per heavy atom. The SMILES string of the molecule is CC(C)N(c1ccc(N(c2ccc(N(c3ccc(-c4ccc(C=C(C#N)C(=O)O)s4)cc3)c3ccc(-c4ccc(C=C(C#N)C(=O)O)s4)cc3)cc2)c2ccc(N(c3ccc(-c4ccc(C=C(C#N)C(=O)O)s4)cc3)c3ccc(-c4ccc(C=C(C#N)C(=O)O)s4)cc3)cc2)cc1)C(C)C. The number of carboxylic acids is 4. The minimum atomic E-state index is -1.30. The fourth-order valence-electron chi connectivity index (χ4n) is 11.4. The standard InChI is InChI=1S/C80H58N8O8S4/c1-49(2)85(50(3)4)59-21-23-64(24-22-59)88(67-29-25-65(26-30-67)86(60-13-5-51(6-14-60)73-37-33-69(97-73)41-55(45-81)77(89)90)61-15-7-52(8-16-61)74-38-34-70(98-74)42-56(46-82)78(91)92)68-31-27-66(28-32-68)87(62-17-9-53(10-18-62)75-39-35-71(99-75)43-57(47-83)79(93)94)63-19-11-54(12-20-63)76-40-36-72(100-76)44-58(48-84)80(95)96/h5-44,49-50H,1-4H3,(H,89,90)(H,91,92)(H,93,94)(H,95,96). The summed E-state index contributed by atoms with van der Waals surface area (Å²) < 4.78 is 0. The Morgan fingerprint density at radius 2 is 0.460 bits per heavy atom. The Morgan fingerprint density at radius 3 is 0.620 bits per heavy atom. The Labute approximate surface area is 592 Å². The van der Waals surface area contributed by atoms with Crippen molar-refractivity contribution >= 4 is 150 Å². The summed E-state index contributed by atoms with van der Waals surface area (Å²) in [5.74, 6) is -5.20. The molecule has 16 nitrogen and oxygen atoms in total. The lowest BCUT2D eigenvalue weighted by atomic mass is 10.1. The van der Waals surface area contributed by atoms with Crippen LogP contribution in [0.5, 0.6) is 0 Å². The highest BCUT2D eigenvalue weighted by molar-refractivity contribution is 7.17. The summed E-state index contributed by atoms with van der Waals surface area (Å²) in [7, 11) is 0. The lowest BCUT2D eigenvalue weighted by Gasteiger charge is -2.34. The average molecular weight is 1390 g/mol. The first-order valence-corrected chi connectivity index (χ1v) is 34.3. The van der Waals surface area contributed by atoms with E-state index < -0.39 is 23.9 Å². The molecule has 0 atom stereocenters. The van der Waals surface area contributed by atoms with E-state index in [1.165, 1.54) is 69.7 Å². The lowest BCUT2D eigenvalue weighted by Crippen LogP contribution is -2.36. The van der Waals surface area contributed by atoms with E-state index in [1.807, 2.05) is 121 Å². The first-order chi connectivity index (χ1) is 48.3. The molecule has 4 aromatic heterocycles. The first-order valence-electron chi connectivity index (χ1n) is 31.0. The molecule has 0 aliphatic carbocycles. The summed E-state index contributed by atoms with van der Waals surface area (Å²) >= 11 is 5.48. The van der Waals surface area contributed by atoms with Crippen LogP contribution in [0.3, 0.4) is 0 Å². The maximum atomic E-state index is 11.7. The van der Waals surface area contributed by atoms with Gasteiger partial charge in [-0.15, -0.1) is 45.3 Å². The molecule has 7 aromatic carbocycles. The van der Waals surface area contributed by atoms with Gasteiger partial charge in [-0.25, -0.2) is 19.2 Å². The van der Waals surface area contributed by atoms with Crippen molar-refractivity contribution in [2.45, 2.75) is 39.8 Å². The zero-order valence-corrected chi connectivity index (χ0v) is 57.1. The smallest absolute Gasteiger partial charge is 0.346 e. The fourth-order valence-corrected chi connectivity index (χ4v) is 15.2. The van der Waals surface area contributed by atoms with E-state index in [2.05, 4.69) is 120 Å². The second kappa shape index (κ2) is 30.6. The zero-order valence-electron chi connectivity index (χ0n) is 53.9. The summed E-state index contributed by atoms with van der Waals surface area (Å²) in [5, 5.41) is 75.7. The molecule has 0 fully saturated rings. The van der Waals surface area contributed by atoms with Crippen LogP contribution in [0, 0.1) is 45.3 Å². The molecule has 0 amide bonds. The number of anilines is 10. The van der Waals surface area contributed by atoms with Crippen LogP contribution in [0.2, 0.25) is 0 Å². The van der Waals surface area contributed by atoms with E-state index in [-0.39, 0.29) is 34.4 Å². The maximum absolute atomic E-state index is 11.7. The van der Waals surface area contributed by atoms with Gasteiger partial charge in [0.25, 0.3) is 0 Å². The molecule has 0 saturated carbocycles. The lowest BCUT2D eigenvalue weighted by molar-refractivity contribution is -0.133. The van der Waals surface area contributed by atoms with Crippen LogP contribution < -0.4 is 19.6 Å². The fraction of sp³-hybridized carbons (Fsp3) is 0.0750. The van der Waals surface area contributed by atoms with Crippen molar-refractivity contribution in [1.82, 2.24) is 0 Å². The van der Waals surface area contributed by atoms with Gasteiger partial charge in [-0.2, -0.15) is 21.0 Å². The Kier molecular flexibility index (Phi) is 21.0. The first kappa shape index (κ1) is 68.7. The molecule has 11 rings (SSSR count). The minimum Gasteiger partial charge on any atom is -0.477 e. The molecule has 4 N–H and O–H groups in total. The number of benzene rings is 7. The van der Waals surface area contributed by atoms with Gasteiger partial charge >= 0.3 is 23.9 Å². The summed E-state index contributed by atoms with van der Waals surface area (Å²) in [6.45, 7) is 8.72. The summed E-state index contributed by atoms with van der Waals surface area (Å²) in [6.07, 6.45) is 5.45. The monoisotopic (exact) mass is 1390 g/mol. The quantitative estimate of drug-likeness (QED) is 0.0324. The number of rotatable bonds is 24. The number of nitriles is 4. The van der Waals surface area contributed by atoms with Gasteiger partial charge in [-0.05, 0) is 244 Å². The van der Waals surface area contributed by atoms with Crippen molar-refractivity contribution in [2.24, 2.45) is 0 Å². The van der Waals surface area contributed by atoms with E-state index in [9.17, 15) is 60.7 Å². The summed E-state index contributed by atoms with van der Waals surface area (Å²) in [6, 6.07) is 79.5. The third-order valence-electron chi connectivity index (χ3n) is 15.9. The highest BCUT2D eigenvalue weighted by Crippen LogP contribution is 2.45. The Bertz CT molecular complexity index is 4640. The van der Waals surface area contributed by atoms with Gasteiger partial charge < -0.3 is 40.0 Å². The minimum absolute atomic E-state index is 0.239. The third-order valence-corrected chi connectivity index (χ3v) is 20.3. The molecule has 0 bridgehead atoms. The summed E-state index contributed by atoms with van der Waals surface area (Å²) in [5.41, 5.74) is 10.8. The topological polar surface area (TPSA) is 257 Å². The molecule has 20 heteroatoms. The van der Waals surface area contributed by atoms with Crippen LogP contribution in [-0.2, 0) is 19.2 Å². The second-order valence-corrected chi connectivity index (χ2v) is 27.5. The van der Waals surface area contributed by atoms with Crippen molar-refractivity contribution in [3.8, 4) is 66.0 Å². The van der Waals surface area contributed by atoms with Gasteiger partial charge in [0.1, 0.15) is 46.6 Å². The number of aliphatic carboxylic acids is 4. The molecule has 0 aliphatic rings. The van der Waals surface area contributed by atoms with Crippen molar-refractivity contribution < 1.29 is 39.6 Å². The van der Waals surface area contributed by atoms with Crippen molar-refractivity contribution in [1.29, 1.82) is 21.0 Å². The van der Waals surface area contributed by atoms with Crippen molar-refractivity contribution in [3.05, 3.63) is 260 Å². The van der Waals surface area contributed by atoms with Gasteiger partial charge in [0.05, 0.1) is 0 Å². The van der Waals surface area contributed by atoms with Gasteiger partial charge in [-0.3, -0.25) is 0 Å². The van der Waals surface area contributed by atoms with Crippen LogP contribution in [0.25, 0.3) is 66.1 Å². The van der Waals surface area contributed by atoms with E-state index in [4.69, 9.17) is 0 Å². The molecular weight excluding hydrogens is 1330 g/mol. The predicted octanol–water partition coefficient (Wildman–Crippen LogP) is 20.6. The second-order valence-electron chi connectivity index (χ2n) is 23.0. The number of thiophene rings is 4. The maximum Gasteiger partial charge on any atom is 0.346 e. The van der Waals surface area contributed by atoms with Crippen molar-refractivity contribution in [2.75, 3.05) is 19.6 Å². The molecule has 0 radical (unpaired) electrons. The number of nitrogens with zero attached hydrogens (tertiary/aromatic N) is 8. The number of carboxylic acid groups (broad SMARTS) is 4. The highest BCUT2D eigenvalue weighted by atomic mass is 32.1. The molecular formula is C80H58N8O8S4. The molecule has 0 aliphatic heterocycles. The Hall–Kier alpha value is -12.7. The van der Waals surface area contributed by atoms with E-state index in [1.54, 1.807) is 48.5 Å². The van der Waals surface area contributed by atoms with Gasteiger partial charge in [0.2, 0.25) is 0 Å². The zero-order chi connectivity index (χ0) is 70.7. The van der Waals surface area contributed by atoms with E-state index in [0.29, 0.717) is 19.5 Å². The largest absolute Gasteiger partial charge is 0.477 e. The third kappa shape index (κ3) is 15.6. The van der Waals surface area contributed by atoms with Crippen LogP contribution in [-0.4, -0.2) is 56.4 Å². The van der Waals surface area contributed by atoms with Crippen LogP contribution in [0.15, 0.2) is 241 Å². The molecule has 0 spiro atoms. The molecule has 100 heavy (non-hydrogen) atoms. The van der Waals surface area contributed by atoms with E-state index >= 15 is 0 Å². The van der Waals surface area contributed by atoms with Gasteiger partial charge in [0.15, 0.2) is 0 Å². The van der Waals surface area contributed by atoms with Gasteiger partial charge in [-0.1, -0.05) is 48.5 Å². The number of carbonyl (C=O) groups is 4. The Balaban J connectivity index is 0.980. The molecule has 0 saturated heterocycles. The summed E-state index contributed by atoms with van der Waals surface area (Å²) in [4.78, 5) is 61.5.